The molecule has 5 heteroatoms. The minimum atomic E-state index is -0.814. The molecular weight excluding hydrogens is 486 g/mol. The standard InChI is InChI=1S/C34H31NO4/c1-2-39-34(38)28(22-23-12-6-3-7-13-23)35-33(37)27-20-18-26(19-21-27)32(36)31-29(24-14-8-4-9-15-24)30(31)25-16-10-5-11-17-25/h3-21,28-31H,2,22H2,1H3,(H,35,37)/t28-,29+,30+/m0/s1. The number of nitrogens with one attached hydrogen (secondary N) is 1. The van der Waals surface area contributed by atoms with Crippen LogP contribution >= 0.6 is 0 Å². The molecule has 5 nitrogen and oxygen atoms in total. The van der Waals surface area contributed by atoms with E-state index in [0.29, 0.717) is 17.5 Å². The lowest BCUT2D eigenvalue weighted by atomic mass is 10.0. The lowest BCUT2D eigenvalue weighted by Gasteiger charge is -2.17. The summed E-state index contributed by atoms with van der Waals surface area (Å²) in [5.41, 5.74) is 4.18. The van der Waals surface area contributed by atoms with E-state index in [0.717, 1.165) is 16.7 Å². The number of carbonyl (C=O) groups is 3. The van der Waals surface area contributed by atoms with E-state index in [-0.39, 0.29) is 30.1 Å². The molecule has 0 radical (unpaired) electrons. The van der Waals surface area contributed by atoms with E-state index in [2.05, 4.69) is 29.6 Å². The third-order valence-corrected chi connectivity index (χ3v) is 7.28. The lowest BCUT2D eigenvalue weighted by molar-refractivity contribution is -0.145. The van der Waals surface area contributed by atoms with Crippen molar-refractivity contribution >= 4 is 17.7 Å². The molecule has 3 atom stereocenters. The van der Waals surface area contributed by atoms with Crippen LogP contribution in [0.25, 0.3) is 0 Å². The number of esters is 1. The largest absolute Gasteiger partial charge is 0.464 e. The van der Waals surface area contributed by atoms with Gasteiger partial charge in [-0.3, -0.25) is 9.59 Å². The Labute approximate surface area is 228 Å². The second kappa shape index (κ2) is 11.9. The molecule has 4 aromatic carbocycles. The predicted octanol–water partition coefficient (Wildman–Crippen LogP) is 5.97. The first-order valence-corrected chi connectivity index (χ1v) is 13.3. The Bertz CT molecular complexity index is 1370. The quantitative estimate of drug-likeness (QED) is 0.208. The summed E-state index contributed by atoms with van der Waals surface area (Å²) in [5.74, 6) is -0.723. The van der Waals surface area contributed by atoms with Crippen molar-refractivity contribution in [3.63, 3.8) is 0 Å². The maximum absolute atomic E-state index is 13.6. The summed E-state index contributed by atoms with van der Waals surface area (Å²) in [6.45, 7) is 1.96. The molecule has 0 aromatic heterocycles. The molecule has 0 heterocycles. The number of hydrogen-bond donors (Lipinski definition) is 1. The molecule has 1 N–H and O–H groups in total. The van der Waals surface area contributed by atoms with Crippen molar-refractivity contribution in [2.75, 3.05) is 6.61 Å². The van der Waals surface area contributed by atoms with Crippen LogP contribution in [0.15, 0.2) is 115 Å². The number of ether oxygens (including phenoxy) is 1. The number of amides is 1. The Morgan fingerprint density at radius 2 is 1.18 bits per heavy atom. The average molecular weight is 518 g/mol. The fourth-order valence-corrected chi connectivity index (χ4v) is 5.32. The van der Waals surface area contributed by atoms with Gasteiger partial charge in [0.25, 0.3) is 5.91 Å². The maximum atomic E-state index is 13.6. The minimum Gasteiger partial charge on any atom is -0.464 e. The van der Waals surface area contributed by atoms with E-state index < -0.39 is 17.9 Å². The first-order valence-electron chi connectivity index (χ1n) is 13.3. The van der Waals surface area contributed by atoms with Crippen molar-refractivity contribution < 1.29 is 19.1 Å². The van der Waals surface area contributed by atoms with E-state index in [4.69, 9.17) is 4.74 Å². The molecule has 1 aliphatic rings. The summed E-state index contributed by atoms with van der Waals surface area (Å²) in [4.78, 5) is 39.2. The van der Waals surface area contributed by atoms with Crippen LogP contribution in [0, 0.1) is 5.92 Å². The molecular formula is C34H31NO4. The summed E-state index contributed by atoms with van der Waals surface area (Å²) >= 11 is 0. The van der Waals surface area contributed by atoms with Crippen LogP contribution in [0.5, 0.6) is 0 Å². The molecule has 5 rings (SSSR count). The van der Waals surface area contributed by atoms with Crippen LogP contribution in [-0.2, 0) is 16.0 Å². The van der Waals surface area contributed by atoms with Gasteiger partial charge in [0.1, 0.15) is 6.04 Å². The molecule has 0 spiro atoms. The second-order valence-electron chi connectivity index (χ2n) is 9.81. The van der Waals surface area contributed by atoms with Gasteiger partial charge in [-0.05, 0) is 35.7 Å². The topological polar surface area (TPSA) is 72.5 Å². The fraction of sp³-hybridized carbons (Fsp3) is 0.206. The second-order valence-corrected chi connectivity index (χ2v) is 9.81. The number of carbonyl (C=O) groups excluding carboxylic acids is 3. The van der Waals surface area contributed by atoms with E-state index in [1.54, 1.807) is 31.2 Å². The molecule has 0 unspecified atom stereocenters. The Balaban J connectivity index is 1.31. The third-order valence-electron chi connectivity index (χ3n) is 7.28. The minimum absolute atomic E-state index is 0.0677. The predicted molar refractivity (Wildman–Crippen MR) is 151 cm³/mol. The SMILES string of the molecule is CCOC(=O)[C@H](Cc1ccccc1)NC(=O)c1ccc(C(=O)C2[C@H](c3ccccc3)[C@H]2c2ccccc2)cc1. The first kappa shape index (κ1) is 26.1. The number of rotatable bonds is 10. The Kier molecular flexibility index (Phi) is 7.97. The zero-order chi connectivity index (χ0) is 27.2. The third kappa shape index (κ3) is 5.99. The van der Waals surface area contributed by atoms with Crippen LogP contribution in [0.2, 0.25) is 0 Å². The van der Waals surface area contributed by atoms with Crippen molar-refractivity contribution in [1.82, 2.24) is 5.32 Å². The smallest absolute Gasteiger partial charge is 0.328 e. The van der Waals surface area contributed by atoms with Gasteiger partial charge >= 0.3 is 5.97 Å². The zero-order valence-electron chi connectivity index (χ0n) is 21.8. The van der Waals surface area contributed by atoms with Crippen LogP contribution in [0.1, 0.15) is 56.2 Å². The molecule has 1 amide bonds. The lowest BCUT2D eigenvalue weighted by Crippen LogP contribution is -2.43. The zero-order valence-corrected chi connectivity index (χ0v) is 21.8. The Hall–Kier alpha value is -4.51. The Morgan fingerprint density at radius 1 is 0.692 bits per heavy atom. The summed E-state index contributed by atoms with van der Waals surface area (Å²) in [6.07, 6.45) is 0.325. The highest BCUT2D eigenvalue weighted by atomic mass is 16.5. The van der Waals surface area contributed by atoms with Gasteiger partial charge < -0.3 is 10.1 Å². The van der Waals surface area contributed by atoms with Crippen LogP contribution in [-0.4, -0.2) is 30.3 Å². The number of hydrogen-bond acceptors (Lipinski definition) is 4. The molecule has 39 heavy (non-hydrogen) atoms. The van der Waals surface area contributed by atoms with Gasteiger partial charge in [-0.1, -0.05) is 103 Å². The summed E-state index contributed by atoms with van der Waals surface area (Å²) in [5, 5.41) is 2.81. The van der Waals surface area contributed by atoms with E-state index in [1.807, 2.05) is 66.7 Å². The van der Waals surface area contributed by atoms with Crippen LogP contribution in [0.4, 0.5) is 0 Å². The maximum Gasteiger partial charge on any atom is 0.328 e. The van der Waals surface area contributed by atoms with Gasteiger partial charge in [-0.15, -0.1) is 0 Å². The van der Waals surface area contributed by atoms with Crippen molar-refractivity contribution in [3.05, 3.63) is 143 Å². The van der Waals surface area contributed by atoms with Crippen LogP contribution in [0.3, 0.4) is 0 Å². The summed E-state index contributed by atoms with van der Waals surface area (Å²) in [7, 11) is 0. The van der Waals surface area contributed by atoms with Gasteiger partial charge in [0.15, 0.2) is 5.78 Å². The van der Waals surface area contributed by atoms with Crippen molar-refractivity contribution in [3.8, 4) is 0 Å². The molecule has 1 fully saturated rings. The van der Waals surface area contributed by atoms with Gasteiger partial charge in [-0.25, -0.2) is 4.79 Å². The van der Waals surface area contributed by atoms with Crippen molar-refractivity contribution in [2.45, 2.75) is 31.2 Å². The van der Waals surface area contributed by atoms with E-state index >= 15 is 0 Å². The van der Waals surface area contributed by atoms with Crippen LogP contribution < -0.4 is 5.32 Å². The summed E-state index contributed by atoms with van der Waals surface area (Å²) in [6, 6.07) is 35.7. The fourth-order valence-electron chi connectivity index (χ4n) is 5.32. The van der Waals surface area contributed by atoms with Gasteiger partial charge in [0.05, 0.1) is 6.61 Å². The number of benzene rings is 4. The highest BCUT2D eigenvalue weighted by Crippen LogP contribution is 2.61. The molecule has 4 aromatic rings. The highest BCUT2D eigenvalue weighted by Gasteiger charge is 2.55. The molecule has 196 valence electrons. The average Bonchev–Trinajstić information content (AvgIpc) is 3.74. The van der Waals surface area contributed by atoms with E-state index in [9.17, 15) is 14.4 Å². The molecule has 1 saturated carbocycles. The Morgan fingerprint density at radius 3 is 1.69 bits per heavy atom. The van der Waals surface area contributed by atoms with Gasteiger partial charge in [0.2, 0.25) is 0 Å². The normalized spacial score (nSPS) is 18.5. The van der Waals surface area contributed by atoms with E-state index in [1.165, 1.54) is 0 Å². The monoisotopic (exact) mass is 517 g/mol. The van der Waals surface area contributed by atoms with Crippen molar-refractivity contribution in [2.24, 2.45) is 5.92 Å². The number of ketones is 1. The molecule has 0 saturated heterocycles. The molecule has 1 aliphatic carbocycles. The highest BCUT2D eigenvalue weighted by molar-refractivity contribution is 6.03. The summed E-state index contributed by atoms with van der Waals surface area (Å²) < 4.78 is 5.19. The molecule has 0 aliphatic heterocycles. The van der Waals surface area contributed by atoms with Gasteiger partial charge in [0, 0.05) is 35.3 Å². The van der Waals surface area contributed by atoms with Gasteiger partial charge in [-0.2, -0.15) is 0 Å². The first-order chi connectivity index (χ1) is 19.1. The van der Waals surface area contributed by atoms with Crippen molar-refractivity contribution in [1.29, 1.82) is 0 Å². The number of Topliss-reactive ketones (excluding diaryl/α,β-unsaturated/α-hetero) is 1. The molecule has 0 bridgehead atoms.